The van der Waals surface area contributed by atoms with E-state index in [-0.39, 0.29) is 21.5 Å². The van der Waals surface area contributed by atoms with Crippen molar-refractivity contribution in [2.24, 2.45) is 0 Å². The predicted octanol–water partition coefficient (Wildman–Crippen LogP) is 3.56. The Kier molecular flexibility index (Phi) is 6.22. The molecule has 2 aromatic carbocycles. The van der Waals surface area contributed by atoms with Crippen molar-refractivity contribution in [2.45, 2.75) is 6.92 Å². The minimum Gasteiger partial charge on any atom is -0.486 e. The molecule has 0 unspecified atom stereocenters. The SMILES string of the molecule is CCS(=O)(=O)N(CC(=O)Nc1c(Cl)cccc1Cl)c1ccc2c(c1)OCCO2. The lowest BCUT2D eigenvalue weighted by Crippen LogP contribution is -2.39. The van der Waals surface area contributed by atoms with E-state index in [1.54, 1.807) is 30.3 Å². The van der Waals surface area contributed by atoms with E-state index < -0.39 is 22.5 Å². The van der Waals surface area contributed by atoms with Gasteiger partial charge in [-0.2, -0.15) is 0 Å². The highest BCUT2D eigenvalue weighted by molar-refractivity contribution is 7.92. The average molecular weight is 445 g/mol. The van der Waals surface area contributed by atoms with E-state index in [1.807, 2.05) is 0 Å². The van der Waals surface area contributed by atoms with Crippen LogP contribution < -0.4 is 19.1 Å². The second-order valence-corrected chi connectivity index (χ2v) is 8.88. The summed E-state index contributed by atoms with van der Waals surface area (Å²) in [7, 11) is -3.74. The number of amides is 1. The number of ether oxygens (including phenoxy) is 2. The van der Waals surface area contributed by atoms with Crippen LogP contribution in [0.15, 0.2) is 36.4 Å². The average Bonchev–Trinajstić information content (AvgIpc) is 2.68. The number of hydrogen-bond donors (Lipinski definition) is 1. The van der Waals surface area contributed by atoms with Crippen molar-refractivity contribution in [1.82, 2.24) is 0 Å². The van der Waals surface area contributed by atoms with E-state index in [4.69, 9.17) is 32.7 Å². The van der Waals surface area contributed by atoms with Gasteiger partial charge in [-0.3, -0.25) is 9.10 Å². The van der Waals surface area contributed by atoms with Gasteiger partial charge >= 0.3 is 0 Å². The van der Waals surface area contributed by atoms with Crippen LogP contribution >= 0.6 is 23.2 Å². The normalized spacial score (nSPS) is 13.1. The second kappa shape index (κ2) is 8.46. The Morgan fingerprint density at radius 1 is 1.11 bits per heavy atom. The Bertz CT molecular complexity index is 977. The zero-order valence-corrected chi connectivity index (χ0v) is 17.3. The van der Waals surface area contributed by atoms with Crippen LogP contribution in [0.5, 0.6) is 11.5 Å². The third-order valence-corrected chi connectivity index (χ3v) is 6.40. The van der Waals surface area contributed by atoms with Gasteiger partial charge < -0.3 is 14.8 Å². The lowest BCUT2D eigenvalue weighted by molar-refractivity contribution is -0.114. The molecule has 0 saturated heterocycles. The van der Waals surface area contributed by atoms with E-state index in [1.165, 1.54) is 13.0 Å². The number of anilines is 2. The fraction of sp³-hybridized carbons (Fsp3) is 0.278. The van der Waals surface area contributed by atoms with Crippen LogP contribution in [-0.4, -0.2) is 39.8 Å². The summed E-state index contributed by atoms with van der Waals surface area (Å²) in [5, 5.41) is 3.08. The summed E-state index contributed by atoms with van der Waals surface area (Å²) < 4.78 is 37.2. The number of benzene rings is 2. The van der Waals surface area contributed by atoms with Gasteiger partial charge in [-0.1, -0.05) is 29.3 Å². The predicted molar refractivity (Wildman–Crippen MR) is 109 cm³/mol. The number of fused-ring (bicyclic) bond motifs is 1. The molecule has 1 N–H and O–H groups in total. The fourth-order valence-electron chi connectivity index (χ4n) is 2.62. The van der Waals surface area contributed by atoms with E-state index in [9.17, 15) is 13.2 Å². The van der Waals surface area contributed by atoms with Crippen LogP contribution in [-0.2, 0) is 14.8 Å². The number of carbonyl (C=O) groups excluding carboxylic acids is 1. The van der Waals surface area contributed by atoms with E-state index in [2.05, 4.69) is 5.32 Å². The van der Waals surface area contributed by atoms with E-state index in [0.717, 1.165) is 4.31 Å². The molecule has 28 heavy (non-hydrogen) atoms. The van der Waals surface area contributed by atoms with Crippen LogP contribution in [0.4, 0.5) is 11.4 Å². The van der Waals surface area contributed by atoms with Crippen LogP contribution in [0.3, 0.4) is 0 Å². The molecule has 0 aromatic heterocycles. The lowest BCUT2D eigenvalue weighted by atomic mass is 10.2. The minimum absolute atomic E-state index is 0.179. The quantitative estimate of drug-likeness (QED) is 0.735. The molecule has 0 aliphatic carbocycles. The molecule has 3 rings (SSSR count). The number of nitrogens with zero attached hydrogens (tertiary/aromatic N) is 1. The highest BCUT2D eigenvalue weighted by Gasteiger charge is 2.26. The van der Waals surface area contributed by atoms with Crippen LogP contribution in [0, 0.1) is 0 Å². The molecule has 1 amide bonds. The molecule has 1 heterocycles. The first-order valence-electron chi connectivity index (χ1n) is 8.45. The van der Waals surface area contributed by atoms with Crippen molar-refractivity contribution < 1.29 is 22.7 Å². The third-order valence-electron chi connectivity index (χ3n) is 4.03. The molecule has 0 fully saturated rings. The largest absolute Gasteiger partial charge is 0.486 e. The number of sulfonamides is 1. The Morgan fingerprint density at radius 2 is 1.75 bits per heavy atom. The second-order valence-electron chi connectivity index (χ2n) is 5.88. The zero-order valence-electron chi connectivity index (χ0n) is 14.9. The number of hydrogen-bond acceptors (Lipinski definition) is 5. The molecule has 0 radical (unpaired) electrons. The Morgan fingerprint density at radius 3 is 2.39 bits per heavy atom. The molecule has 2 aromatic rings. The Labute approximate surface area is 173 Å². The molecule has 1 aliphatic rings. The van der Waals surface area contributed by atoms with E-state index >= 15 is 0 Å². The van der Waals surface area contributed by atoms with Crippen LogP contribution in [0.25, 0.3) is 0 Å². The molecule has 0 bridgehead atoms. The summed E-state index contributed by atoms with van der Waals surface area (Å²) in [6.07, 6.45) is 0. The highest BCUT2D eigenvalue weighted by Crippen LogP contribution is 2.35. The standard InChI is InChI=1S/C18H18Cl2N2O5S/c1-2-28(24,25)22(12-6-7-15-16(10-12)27-9-8-26-15)11-17(23)21-18-13(19)4-3-5-14(18)20/h3-7,10H,2,8-9,11H2,1H3,(H,21,23). The monoisotopic (exact) mass is 444 g/mol. The van der Waals surface area contributed by atoms with Crippen molar-refractivity contribution >= 4 is 50.5 Å². The van der Waals surface area contributed by atoms with Crippen LogP contribution in [0.2, 0.25) is 10.0 Å². The molecular formula is C18H18Cl2N2O5S. The van der Waals surface area contributed by atoms with Gasteiger partial charge in [-0.15, -0.1) is 0 Å². The summed E-state index contributed by atoms with van der Waals surface area (Å²) in [5.41, 5.74) is 0.526. The number of para-hydroxylation sites is 1. The fourth-order valence-corrected chi connectivity index (χ4v) is 4.17. The minimum atomic E-state index is -3.74. The Hall–Kier alpha value is -2.16. The van der Waals surface area contributed by atoms with Crippen molar-refractivity contribution in [3.05, 3.63) is 46.4 Å². The number of rotatable bonds is 6. The first-order chi connectivity index (χ1) is 13.3. The lowest BCUT2D eigenvalue weighted by Gasteiger charge is -2.25. The maximum absolute atomic E-state index is 12.6. The first-order valence-corrected chi connectivity index (χ1v) is 10.8. The molecule has 10 heteroatoms. The van der Waals surface area contributed by atoms with Gasteiger partial charge in [0.2, 0.25) is 15.9 Å². The molecule has 150 valence electrons. The molecule has 1 aliphatic heterocycles. The summed E-state index contributed by atoms with van der Waals surface area (Å²) >= 11 is 12.1. The number of carbonyl (C=O) groups is 1. The summed E-state index contributed by atoms with van der Waals surface area (Å²) in [6, 6.07) is 9.51. The zero-order chi connectivity index (χ0) is 20.3. The topological polar surface area (TPSA) is 84.9 Å². The molecular weight excluding hydrogens is 427 g/mol. The smallest absolute Gasteiger partial charge is 0.245 e. The Balaban J connectivity index is 1.88. The van der Waals surface area contributed by atoms with Gasteiger partial charge in [-0.25, -0.2) is 8.42 Å². The molecule has 0 saturated carbocycles. The van der Waals surface area contributed by atoms with E-state index in [0.29, 0.717) is 30.4 Å². The molecule has 7 nitrogen and oxygen atoms in total. The van der Waals surface area contributed by atoms with Gasteiger partial charge in [0.15, 0.2) is 11.5 Å². The summed E-state index contributed by atoms with van der Waals surface area (Å²) in [4.78, 5) is 12.6. The number of nitrogens with one attached hydrogen (secondary N) is 1. The van der Waals surface area contributed by atoms with Gasteiger partial charge in [0.1, 0.15) is 19.8 Å². The van der Waals surface area contributed by atoms with Crippen molar-refractivity contribution in [1.29, 1.82) is 0 Å². The van der Waals surface area contributed by atoms with Crippen molar-refractivity contribution in [2.75, 3.05) is 35.1 Å². The summed E-state index contributed by atoms with van der Waals surface area (Å²) in [6.45, 7) is 1.84. The van der Waals surface area contributed by atoms with Gasteiger partial charge in [-0.05, 0) is 31.2 Å². The number of halogens is 2. The molecule has 0 atom stereocenters. The van der Waals surface area contributed by atoms with Crippen molar-refractivity contribution in [3.8, 4) is 11.5 Å². The summed E-state index contributed by atoms with van der Waals surface area (Å²) in [5.74, 6) is 0.189. The molecule has 0 spiro atoms. The highest BCUT2D eigenvalue weighted by atomic mass is 35.5. The van der Waals surface area contributed by atoms with Crippen LogP contribution in [0.1, 0.15) is 6.92 Å². The maximum atomic E-state index is 12.6. The third kappa shape index (κ3) is 4.45. The van der Waals surface area contributed by atoms with Crippen molar-refractivity contribution in [3.63, 3.8) is 0 Å². The van der Waals surface area contributed by atoms with Gasteiger partial charge in [0, 0.05) is 6.07 Å². The van der Waals surface area contributed by atoms with Gasteiger partial charge in [0.25, 0.3) is 0 Å². The van der Waals surface area contributed by atoms with Gasteiger partial charge in [0.05, 0.1) is 27.2 Å². The maximum Gasteiger partial charge on any atom is 0.245 e. The first kappa shape index (κ1) is 20.6.